The van der Waals surface area contributed by atoms with Gasteiger partial charge in [0.2, 0.25) is 5.91 Å². The van der Waals surface area contributed by atoms with Crippen LogP contribution >= 0.6 is 11.3 Å². The zero-order chi connectivity index (χ0) is 13.3. The van der Waals surface area contributed by atoms with Gasteiger partial charge in [0.1, 0.15) is 6.17 Å². The van der Waals surface area contributed by atoms with Crippen LogP contribution in [0.3, 0.4) is 0 Å². The summed E-state index contributed by atoms with van der Waals surface area (Å²) in [4.78, 5) is 16.9. The van der Waals surface area contributed by atoms with E-state index in [2.05, 4.69) is 38.2 Å². The molecule has 1 aliphatic heterocycles. The van der Waals surface area contributed by atoms with Crippen LogP contribution < -0.4 is 5.32 Å². The molecular weight excluding hydrogens is 244 g/mol. The molecule has 1 aromatic rings. The van der Waals surface area contributed by atoms with Crippen LogP contribution in [0.2, 0.25) is 0 Å². The van der Waals surface area contributed by atoms with E-state index in [9.17, 15) is 4.79 Å². The van der Waals surface area contributed by atoms with E-state index in [0.29, 0.717) is 5.92 Å². The number of amides is 1. The Labute approximate surface area is 113 Å². The van der Waals surface area contributed by atoms with E-state index in [1.807, 2.05) is 11.8 Å². The van der Waals surface area contributed by atoms with E-state index >= 15 is 0 Å². The zero-order valence-electron chi connectivity index (χ0n) is 11.6. The Morgan fingerprint density at radius 1 is 1.44 bits per heavy atom. The minimum Gasteiger partial charge on any atom is -0.321 e. The highest BCUT2D eigenvalue weighted by Gasteiger charge is 2.41. The van der Waals surface area contributed by atoms with E-state index in [-0.39, 0.29) is 18.1 Å². The molecule has 2 rings (SSSR count). The number of carbonyl (C=O) groups excluding carboxylic acids is 1. The standard InChI is InChI=1S/C14H22N2OS/c1-5-9(3)12-14(17)16(6-2)13(15-12)11-8-7-10(4)18-11/h7-9,12-13,15H,5-6H2,1-4H3. The van der Waals surface area contributed by atoms with Gasteiger partial charge in [-0.3, -0.25) is 10.1 Å². The van der Waals surface area contributed by atoms with Crippen LogP contribution in [0.15, 0.2) is 12.1 Å². The summed E-state index contributed by atoms with van der Waals surface area (Å²) in [6.45, 7) is 9.20. The van der Waals surface area contributed by atoms with Gasteiger partial charge in [-0.2, -0.15) is 0 Å². The Hall–Kier alpha value is -0.870. The lowest BCUT2D eigenvalue weighted by Gasteiger charge is -2.21. The molecule has 2 heterocycles. The summed E-state index contributed by atoms with van der Waals surface area (Å²) in [5.74, 6) is 0.639. The first-order chi connectivity index (χ1) is 8.58. The fourth-order valence-electron chi connectivity index (χ4n) is 2.46. The Kier molecular flexibility index (Phi) is 4.07. The molecule has 3 nitrogen and oxygen atoms in total. The van der Waals surface area contributed by atoms with Crippen molar-refractivity contribution in [3.05, 3.63) is 21.9 Å². The minimum atomic E-state index is -0.0256. The monoisotopic (exact) mass is 266 g/mol. The van der Waals surface area contributed by atoms with Crippen molar-refractivity contribution in [1.29, 1.82) is 0 Å². The van der Waals surface area contributed by atoms with E-state index in [0.717, 1.165) is 13.0 Å². The number of nitrogens with zero attached hydrogens (tertiary/aromatic N) is 1. The molecular formula is C14H22N2OS. The van der Waals surface area contributed by atoms with Crippen LogP contribution in [0.5, 0.6) is 0 Å². The van der Waals surface area contributed by atoms with Gasteiger partial charge in [0, 0.05) is 16.3 Å². The van der Waals surface area contributed by atoms with E-state index in [4.69, 9.17) is 0 Å². The molecule has 1 saturated heterocycles. The van der Waals surface area contributed by atoms with Crippen molar-refractivity contribution in [3.63, 3.8) is 0 Å². The largest absolute Gasteiger partial charge is 0.321 e. The number of likely N-dealkylation sites (N-methyl/N-ethyl adjacent to an activating group) is 1. The van der Waals surface area contributed by atoms with Gasteiger partial charge >= 0.3 is 0 Å². The number of thiophene rings is 1. The van der Waals surface area contributed by atoms with Gasteiger partial charge in [-0.05, 0) is 31.9 Å². The highest BCUT2D eigenvalue weighted by molar-refractivity contribution is 7.12. The SMILES string of the molecule is CCC(C)C1NC(c2ccc(C)s2)N(CC)C1=O. The normalized spacial score (nSPS) is 25.8. The van der Waals surface area contributed by atoms with Crippen LogP contribution in [0.25, 0.3) is 0 Å². The molecule has 0 spiro atoms. The molecule has 100 valence electrons. The van der Waals surface area contributed by atoms with Crippen molar-refractivity contribution < 1.29 is 4.79 Å². The number of aryl methyl sites for hydroxylation is 1. The van der Waals surface area contributed by atoms with Crippen LogP contribution in [0, 0.1) is 12.8 Å². The third kappa shape index (κ3) is 2.31. The molecule has 3 atom stereocenters. The van der Waals surface area contributed by atoms with Gasteiger partial charge in [0.25, 0.3) is 0 Å². The number of nitrogens with one attached hydrogen (secondary N) is 1. The second-order valence-corrected chi connectivity index (χ2v) is 6.32. The van der Waals surface area contributed by atoms with Gasteiger partial charge in [0.15, 0.2) is 0 Å². The molecule has 1 fully saturated rings. The van der Waals surface area contributed by atoms with Crippen LogP contribution in [-0.4, -0.2) is 23.4 Å². The lowest BCUT2D eigenvalue weighted by molar-refractivity contribution is -0.130. The van der Waals surface area contributed by atoms with E-state index in [1.165, 1.54) is 9.75 Å². The van der Waals surface area contributed by atoms with E-state index < -0.39 is 0 Å². The predicted octanol–water partition coefficient (Wildman–Crippen LogP) is 2.92. The summed E-state index contributed by atoms with van der Waals surface area (Å²) in [6.07, 6.45) is 1.09. The molecule has 0 aliphatic carbocycles. The van der Waals surface area contributed by atoms with Gasteiger partial charge in [-0.1, -0.05) is 20.3 Å². The minimum absolute atomic E-state index is 0.0256. The highest BCUT2D eigenvalue weighted by Crippen LogP contribution is 2.32. The first-order valence-corrected chi connectivity index (χ1v) is 7.53. The van der Waals surface area contributed by atoms with Crippen LogP contribution in [0.4, 0.5) is 0 Å². The average Bonchev–Trinajstić information content (AvgIpc) is 2.92. The van der Waals surface area contributed by atoms with Gasteiger partial charge in [0.05, 0.1) is 6.04 Å². The van der Waals surface area contributed by atoms with Gasteiger partial charge in [-0.15, -0.1) is 11.3 Å². The smallest absolute Gasteiger partial charge is 0.241 e. The topological polar surface area (TPSA) is 32.3 Å². The van der Waals surface area contributed by atoms with Crippen LogP contribution in [0.1, 0.15) is 43.1 Å². The second kappa shape index (κ2) is 5.41. The third-order valence-electron chi connectivity index (χ3n) is 3.78. The molecule has 0 bridgehead atoms. The number of carbonyl (C=O) groups is 1. The summed E-state index contributed by atoms with van der Waals surface area (Å²) in [5.41, 5.74) is 0. The summed E-state index contributed by atoms with van der Waals surface area (Å²) in [6, 6.07) is 4.23. The molecule has 1 aliphatic rings. The lowest BCUT2D eigenvalue weighted by atomic mass is 9.99. The molecule has 0 saturated carbocycles. The van der Waals surface area contributed by atoms with Crippen molar-refractivity contribution in [2.45, 2.75) is 46.3 Å². The van der Waals surface area contributed by atoms with Crippen molar-refractivity contribution in [3.8, 4) is 0 Å². The fraction of sp³-hybridized carbons (Fsp3) is 0.643. The second-order valence-electron chi connectivity index (χ2n) is 5.01. The molecule has 1 N–H and O–H groups in total. The molecule has 0 aromatic carbocycles. The van der Waals surface area contributed by atoms with E-state index in [1.54, 1.807) is 11.3 Å². The Morgan fingerprint density at radius 3 is 2.67 bits per heavy atom. The maximum Gasteiger partial charge on any atom is 0.241 e. The molecule has 18 heavy (non-hydrogen) atoms. The summed E-state index contributed by atoms with van der Waals surface area (Å²) < 4.78 is 0. The number of hydrogen-bond acceptors (Lipinski definition) is 3. The molecule has 0 radical (unpaired) electrons. The highest BCUT2D eigenvalue weighted by atomic mass is 32.1. The Balaban J connectivity index is 2.23. The summed E-state index contributed by atoms with van der Waals surface area (Å²) in [7, 11) is 0. The maximum absolute atomic E-state index is 12.4. The Bertz CT molecular complexity index is 429. The third-order valence-corrected chi connectivity index (χ3v) is 4.84. The predicted molar refractivity (Wildman–Crippen MR) is 75.6 cm³/mol. The lowest BCUT2D eigenvalue weighted by Crippen LogP contribution is -2.35. The zero-order valence-corrected chi connectivity index (χ0v) is 12.4. The number of rotatable bonds is 4. The van der Waals surface area contributed by atoms with Crippen molar-refractivity contribution in [2.24, 2.45) is 5.92 Å². The number of hydrogen-bond donors (Lipinski definition) is 1. The quantitative estimate of drug-likeness (QED) is 0.909. The first-order valence-electron chi connectivity index (χ1n) is 6.71. The average molecular weight is 266 g/mol. The first kappa shape index (κ1) is 13.6. The van der Waals surface area contributed by atoms with Crippen molar-refractivity contribution in [1.82, 2.24) is 10.2 Å². The fourth-order valence-corrected chi connectivity index (χ4v) is 3.41. The van der Waals surface area contributed by atoms with Gasteiger partial charge < -0.3 is 4.90 Å². The summed E-state index contributed by atoms with van der Waals surface area (Å²) in [5, 5.41) is 3.51. The van der Waals surface area contributed by atoms with Crippen molar-refractivity contribution >= 4 is 17.2 Å². The maximum atomic E-state index is 12.4. The summed E-state index contributed by atoms with van der Waals surface area (Å²) >= 11 is 1.77. The molecule has 1 amide bonds. The van der Waals surface area contributed by atoms with Crippen molar-refractivity contribution in [2.75, 3.05) is 6.54 Å². The molecule has 4 heteroatoms. The van der Waals surface area contributed by atoms with Gasteiger partial charge in [-0.25, -0.2) is 0 Å². The molecule has 1 aromatic heterocycles. The van der Waals surface area contributed by atoms with Crippen LogP contribution in [-0.2, 0) is 4.79 Å². The Morgan fingerprint density at radius 2 is 2.17 bits per heavy atom. The molecule has 3 unspecified atom stereocenters.